The van der Waals surface area contributed by atoms with E-state index in [9.17, 15) is 14.7 Å². The van der Waals surface area contributed by atoms with Gasteiger partial charge in [-0.3, -0.25) is 9.59 Å². The number of hydrogen-bond donors (Lipinski definition) is 1. The summed E-state index contributed by atoms with van der Waals surface area (Å²) >= 11 is 0. The van der Waals surface area contributed by atoms with Crippen molar-refractivity contribution in [2.75, 3.05) is 6.54 Å². The average molecular weight is 251 g/mol. The minimum absolute atomic E-state index is 0.00972. The van der Waals surface area contributed by atoms with Crippen molar-refractivity contribution in [1.82, 2.24) is 4.90 Å². The minimum Gasteiger partial charge on any atom is -0.481 e. The number of carboxylic acid groups (broad SMARTS) is 1. The third kappa shape index (κ3) is 2.16. The Morgan fingerprint density at radius 1 is 1.44 bits per heavy atom. The first-order valence-electron chi connectivity index (χ1n) is 6.53. The molecule has 2 aliphatic rings. The van der Waals surface area contributed by atoms with Crippen LogP contribution in [0.2, 0.25) is 0 Å². The molecule has 0 bridgehead atoms. The molecule has 18 heavy (non-hydrogen) atoms. The van der Waals surface area contributed by atoms with Crippen LogP contribution < -0.4 is 0 Å². The van der Waals surface area contributed by atoms with Crippen molar-refractivity contribution in [3.63, 3.8) is 0 Å². The van der Waals surface area contributed by atoms with Gasteiger partial charge in [0.05, 0.1) is 11.8 Å². The number of amides is 1. The third-order valence-electron chi connectivity index (χ3n) is 4.03. The Morgan fingerprint density at radius 2 is 2.11 bits per heavy atom. The summed E-state index contributed by atoms with van der Waals surface area (Å²) in [6, 6.07) is 0. The summed E-state index contributed by atoms with van der Waals surface area (Å²) in [5.74, 6) is -1.67. The molecule has 2 rings (SSSR count). The van der Waals surface area contributed by atoms with Gasteiger partial charge in [-0.05, 0) is 39.5 Å². The molecule has 1 fully saturated rings. The lowest BCUT2D eigenvalue weighted by Gasteiger charge is -2.46. The Balaban J connectivity index is 2.29. The van der Waals surface area contributed by atoms with Gasteiger partial charge in [0.15, 0.2) is 0 Å². The number of fused-ring (bicyclic) bond motifs is 1. The summed E-state index contributed by atoms with van der Waals surface area (Å²) in [5, 5.41) is 9.28. The monoisotopic (exact) mass is 251 g/mol. The highest BCUT2D eigenvalue weighted by Crippen LogP contribution is 2.39. The Hall–Kier alpha value is -1.32. The molecule has 4 heteroatoms. The van der Waals surface area contributed by atoms with E-state index >= 15 is 0 Å². The van der Waals surface area contributed by atoms with E-state index in [1.807, 2.05) is 37.8 Å². The van der Waals surface area contributed by atoms with Gasteiger partial charge < -0.3 is 10.0 Å². The van der Waals surface area contributed by atoms with Crippen molar-refractivity contribution in [2.24, 2.45) is 17.8 Å². The molecule has 0 aromatic carbocycles. The van der Waals surface area contributed by atoms with Crippen molar-refractivity contribution in [1.29, 1.82) is 0 Å². The van der Waals surface area contributed by atoms with E-state index in [0.717, 1.165) is 13.0 Å². The topological polar surface area (TPSA) is 57.6 Å². The van der Waals surface area contributed by atoms with Crippen LogP contribution in [0.3, 0.4) is 0 Å². The van der Waals surface area contributed by atoms with Crippen molar-refractivity contribution in [3.8, 4) is 0 Å². The molecule has 3 atom stereocenters. The van der Waals surface area contributed by atoms with Gasteiger partial charge in [-0.1, -0.05) is 12.2 Å². The van der Waals surface area contributed by atoms with E-state index in [4.69, 9.17) is 0 Å². The maximum Gasteiger partial charge on any atom is 0.307 e. The lowest BCUT2D eigenvalue weighted by molar-refractivity contribution is -0.158. The van der Waals surface area contributed by atoms with Crippen LogP contribution >= 0.6 is 0 Å². The van der Waals surface area contributed by atoms with Crippen LogP contribution in [0.25, 0.3) is 0 Å². The first-order chi connectivity index (χ1) is 8.32. The maximum absolute atomic E-state index is 12.5. The Bertz CT molecular complexity index is 394. The molecule has 1 heterocycles. The molecule has 0 aromatic heterocycles. The van der Waals surface area contributed by atoms with Gasteiger partial charge in [0.25, 0.3) is 0 Å². The van der Waals surface area contributed by atoms with E-state index in [1.165, 1.54) is 0 Å². The molecule has 0 spiro atoms. The highest BCUT2D eigenvalue weighted by atomic mass is 16.4. The molecule has 4 nitrogen and oxygen atoms in total. The SMILES string of the molecule is CC(C)(C)N1CC[C@@H]2C=CC[C@H](C(=O)O)[C@@H]2C1=O. The van der Waals surface area contributed by atoms with Crippen LogP contribution in [0.5, 0.6) is 0 Å². The molecule has 0 radical (unpaired) electrons. The molecule has 1 aliphatic heterocycles. The zero-order valence-corrected chi connectivity index (χ0v) is 11.2. The number of piperidine rings is 1. The number of allylic oxidation sites excluding steroid dienone is 2. The van der Waals surface area contributed by atoms with E-state index in [1.54, 1.807) is 0 Å². The average Bonchev–Trinajstić information content (AvgIpc) is 2.26. The second kappa shape index (κ2) is 4.41. The minimum atomic E-state index is -0.849. The molecule has 100 valence electrons. The van der Waals surface area contributed by atoms with Crippen LogP contribution in [0.15, 0.2) is 12.2 Å². The fourth-order valence-corrected chi connectivity index (χ4v) is 3.08. The van der Waals surface area contributed by atoms with Crippen LogP contribution in [0.1, 0.15) is 33.6 Å². The Kier molecular flexibility index (Phi) is 3.21. The number of hydrogen-bond acceptors (Lipinski definition) is 2. The third-order valence-corrected chi connectivity index (χ3v) is 4.03. The standard InChI is InChI=1S/C14H21NO3/c1-14(2,3)15-8-7-9-5-4-6-10(13(17)18)11(9)12(15)16/h4-5,9-11H,6-8H2,1-3H3,(H,17,18)/t9-,10-,11+/m0/s1. The van der Waals surface area contributed by atoms with Crippen molar-refractivity contribution >= 4 is 11.9 Å². The van der Waals surface area contributed by atoms with Gasteiger partial charge in [0.2, 0.25) is 5.91 Å². The molecule has 0 aromatic rings. The maximum atomic E-state index is 12.5. The fraction of sp³-hybridized carbons (Fsp3) is 0.714. The van der Waals surface area contributed by atoms with Crippen molar-refractivity contribution in [2.45, 2.75) is 39.2 Å². The van der Waals surface area contributed by atoms with Gasteiger partial charge in [0, 0.05) is 12.1 Å². The Labute approximate surface area is 108 Å². The highest BCUT2D eigenvalue weighted by molar-refractivity contribution is 5.86. The second-order valence-electron chi connectivity index (χ2n) is 6.25. The molecule has 0 unspecified atom stereocenters. The first kappa shape index (κ1) is 13.1. The van der Waals surface area contributed by atoms with Gasteiger partial charge >= 0.3 is 5.97 Å². The Morgan fingerprint density at radius 3 is 2.67 bits per heavy atom. The van der Waals surface area contributed by atoms with Crippen LogP contribution in [-0.2, 0) is 9.59 Å². The largest absolute Gasteiger partial charge is 0.481 e. The van der Waals surface area contributed by atoms with Crippen LogP contribution in [0, 0.1) is 17.8 Å². The molecule has 1 N–H and O–H groups in total. The lowest BCUT2D eigenvalue weighted by Crippen LogP contribution is -2.56. The van der Waals surface area contributed by atoms with Gasteiger partial charge in [-0.2, -0.15) is 0 Å². The number of carbonyl (C=O) groups excluding carboxylic acids is 1. The predicted molar refractivity (Wildman–Crippen MR) is 67.9 cm³/mol. The van der Waals surface area contributed by atoms with Gasteiger partial charge in [-0.25, -0.2) is 0 Å². The van der Waals surface area contributed by atoms with Crippen molar-refractivity contribution in [3.05, 3.63) is 12.2 Å². The summed E-state index contributed by atoms with van der Waals surface area (Å²) in [6.07, 6.45) is 5.29. The number of carbonyl (C=O) groups is 2. The summed E-state index contributed by atoms with van der Waals surface area (Å²) in [4.78, 5) is 25.7. The lowest BCUT2D eigenvalue weighted by atomic mass is 9.71. The first-order valence-corrected chi connectivity index (χ1v) is 6.53. The predicted octanol–water partition coefficient (Wildman–Crippen LogP) is 1.91. The van der Waals surface area contributed by atoms with Gasteiger partial charge in [0.1, 0.15) is 0 Å². The normalized spacial score (nSPS) is 32.3. The van der Waals surface area contributed by atoms with Crippen LogP contribution in [0.4, 0.5) is 0 Å². The second-order valence-corrected chi connectivity index (χ2v) is 6.25. The van der Waals surface area contributed by atoms with E-state index < -0.39 is 11.9 Å². The quantitative estimate of drug-likeness (QED) is 0.724. The van der Waals surface area contributed by atoms with E-state index in [-0.39, 0.29) is 23.3 Å². The fourth-order valence-electron chi connectivity index (χ4n) is 3.08. The molecular weight excluding hydrogens is 230 g/mol. The summed E-state index contributed by atoms with van der Waals surface area (Å²) in [7, 11) is 0. The molecule has 1 saturated heterocycles. The molecular formula is C14H21NO3. The number of aliphatic carboxylic acids is 1. The number of nitrogens with zero attached hydrogens (tertiary/aromatic N) is 1. The van der Waals surface area contributed by atoms with Gasteiger partial charge in [-0.15, -0.1) is 0 Å². The number of likely N-dealkylation sites (tertiary alicyclic amines) is 1. The van der Waals surface area contributed by atoms with Crippen molar-refractivity contribution < 1.29 is 14.7 Å². The molecule has 1 amide bonds. The molecule has 0 saturated carbocycles. The van der Waals surface area contributed by atoms with E-state index in [0.29, 0.717) is 6.42 Å². The summed E-state index contributed by atoms with van der Waals surface area (Å²) < 4.78 is 0. The smallest absolute Gasteiger partial charge is 0.307 e. The van der Waals surface area contributed by atoms with E-state index in [2.05, 4.69) is 0 Å². The summed E-state index contributed by atoms with van der Waals surface area (Å²) in [5.41, 5.74) is -0.230. The zero-order valence-electron chi connectivity index (χ0n) is 11.2. The highest BCUT2D eigenvalue weighted by Gasteiger charge is 2.46. The zero-order chi connectivity index (χ0) is 13.5. The number of carboxylic acids is 1. The van der Waals surface area contributed by atoms with Crippen LogP contribution in [-0.4, -0.2) is 34.0 Å². The number of rotatable bonds is 1. The molecule has 1 aliphatic carbocycles. The summed E-state index contributed by atoms with van der Waals surface area (Å²) in [6.45, 7) is 6.72.